The highest BCUT2D eigenvalue weighted by atomic mass is 16.5. The molecule has 5 nitrogen and oxygen atoms in total. The molecule has 0 aliphatic rings. The Balaban J connectivity index is 2.37. The lowest BCUT2D eigenvalue weighted by Crippen LogP contribution is -2.14. The van der Waals surface area contributed by atoms with Crippen molar-refractivity contribution in [3.05, 3.63) is 29.8 Å². The third kappa shape index (κ3) is 7.22. The van der Waals surface area contributed by atoms with Gasteiger partial charge in [-0.15, -0.1) is 0 Å². The van der Waals surface area contributed by atoms with Crippen LogP contribution in [0, 0.1) is 5.92 Å². The largest absolute Gasteiger partial charge is 0.481 e. The number of benzene rings is 1. The zero-order chi connectivity index (χ0) is 16.5. The van der Waals surface area contributed by atoms with Crippen LogP contribution in [0.25, 0.3) is 0 Å². The normalized spacial score (nSPS) is 12.2. The summed E-state index contributed by atoms with van der Waals surface area (Å²) in [6, 6.07) is 7.28. The fourth-order valence-corrected chi connectivity index (χ4v) is 1.94. The average molecular weight is 307 g/mol. The molecular formula is C17H25NO4. The van der Waals surface area contributed by atoms with Crippen molar-refractivity contribution in [2.75, 3.05) is 11.9 Å². The second kappa shape index (κ2) is 9.20. The van der Waals surface area contributed by atoms with Crippen LogP contribution in [0.5, 0.6) is 0 Å². The highest BCUT2D eigenvalue weighted by Gasteiger charge is 2.11. The number of carboxylic acids is 1. The SMILES string of the molecule is CC(C)OCCCC(=O)Nc1ccc(CC(C)C(=O)O)cc1. The van der Waals surface area contributed by atoms with Gasteiger partial charge in [0.1, 0.15) is 0 Å². The number of carboxylic acid groups (broad SMARTS) is 1. The minimum atomic E-state index is -0.805. The van der Waals surface area contributed by atoms with E-state index in [9.17, 15) is 9.59 Å². The number of anilines is 1. The quantitative estimate of drug-likeness (QED) is 0.687. The van der Waals surface area contributed by atoms with E-state index >= 15 is 0 Å². The molecule has 0 fully saturated rings. The summed E-state index contributed by atoms with van der Waals surface area (Å²) in [6.45, 7) is 6.19. The van der Waals surface area contributed by atoms with Crippen LogP contribution in [0.15, 0.2) is 24.3 Å². The van der Waals surface area contributed by atoms with Gasteiger partial charge in [-0.25, -0.2) is 0 Å². The Bertz CT molecular complexity index is 482. The van der Waals surface area contributed by atoms with E-state index in [1.54, 1.807) is 19.1 Å². The number of amides is 1. The second-order valence-electron chi connectivity index (χ2n) is 5.71. The van der Waals surface area contributed by atoms with Gasteiger partial charge in [-0.2, -0.15) is 0 Å². The Morgan fingerprint density at radius 2 is 1.82 bits per heavy atom. The molecule has 0 saturated heterocycles. The van der Waals surface area contributed by atoms with Crippen LogP contribution in [0.2, 0.25) is 0 Å². The summed E-state index contributed by atoms with van der Waals surface area (Å²) in [7, 11) is 0. The Morgan fingerprint density at radius 3 is 2.36 bits per heavy atom. The van der Waals surface area contributed by atoms with Gasteiger partial charge in [-0.1, -0.05) is 19.1 Å². The topological polar surface area (TPSA) is 75.6 Å². The third-order valence-electron chi connectivity index (χ3n) is 3.20. The predicted molar refractivity (Wildman–Crippen MR) is 85.9 cm³/mol. The zero-order valence-electron chi connectivity index (χ0n) is 13.5. The first-order valence-corrected chi connectivity index (χ1v) is 7.61. The number of hydrogen-bond donors (Lipinski definition) is 2. The first-order chi connectivity index (χ1) is 10.4. The van der Waals surface area contributed by atoms with Crippen molar-refractivity contribution < 1.29 is 19.4 Å². The molecule has 0 radical (unpaired) electrons. The lowest BCUT2D eigenvalue weighted by molar-refractivity contribution is -0.141. The number of hydrogen-bond acceptors (Lipinski definition) is 3. The minimum absolute atomic E-state index is 0.0426. The van der Waals surface area contributed by atoms with Crippen molar-refractivity contribution in [2.24, 2.45) is 5.92 Å². The van der Waals surface area contributed by atoms with Crippen molar-refractivity contribution in [3.8, 4) is 0 Å². The van der Waals surface area contributed by atoms with Gasteiger partial charge in [-0.05, 0) is 44.4 Å². The number of carbonyl (C=O) groups excluding carboxylic acids is 1. The number of aliphatic carboxylic acids is 1. The van der Waals surface area contributed by atoms with Crippen LogP contribution < -0.4 is 5.32 Å². The third-order valence-corrected chi connectivity index (χ3v) is 3.20. The van der Waals surface area contributed by atoms with E-state index in [2.05, 4.69) is 5.32 Å². The summed E-state index contributed by atoms with van der Waals surface area (Å²) in [6.07, 6.45) is 1.78. The number of carbonyl (C=O) groups is 2. The predicted octanol–water partition coefficient (Wildman–Crippen LogP) is 3.09. The van der Waals surface area contributed by atoms with Gasteiger partial charge in [0.05, 0.1) is 12.0 Å². The van der Waals surface area contributed by atoms with Gasteiger partial charge >= 0.3 is 5.97 Å². The molecule has 1 unspecified atom stereocenters. The van der Waals surface area contributed by atoms with Crippen molar-refractivity contribution in [1.82, 2.24) is 0 Å². The van der Waals surface area contributed by atoms with Crippen LogP contribution in [0.4, 0.5) is 5.69 Å². The Kier molecular flexibility index (Phi) is 7.60. The molecule has 0 aliphatic carbocycles. The van der Waals surface area contributed by atoms with Crippen LogP contribution in [0.3, 0.4) is 0 Å². The number of ether oxygens (including phenoxy) is 1. The van der Waals surface area contributed by atoms with Crippen LogP contribution in [-0.4, -0.2) is 29.7 Å². The maximum Gasteiger partial charge on any atom is 0.306 e. The minimum Gasteiger partial charge on any atom is -0.481 e. The number of rotatable bonds is 9. The lowest BCUT2D eigenvalue weighted by atomic mass is 10.0. The molecule has 0 aromatic heterocycles. The molecule has 1 aromatic rings. The second-order valence-corrected chi connectivity index (χ2v) is 5.71. The monoisotopic (exact) mass is 307 g/mol. The van der Waals surface area contributed by atoms with Crippen LogP contribution >= 0.6 is 0 Å². The molecule has 0 saturated carbocycles. The molecule has 2 N–H and O–H groups in total. The fourth-order valence-electron chi connectivity index (χ4n) is 1.94. The Morgan fingerprint density at radius 1 is 1.18 bits per heavy atom. The van der Waals surface area contributed by atoms with Crippen molar-refractivity contribution in [3.63, 3.8) is 0 Å². The van der Waals surface area contributed by atoms with Crippen LogP contribution in [0.1, 0.15) is 39.2 Å². The molecule has 5 heteroatoms. The molecule has 1 amide bonds. The number of nitrogens with one attached hydrogen (secondary N) is 1. The van der Waals surface area contributed by atoms with Gasteiger partial charge in [0.2, 0.25) is 5.91 Å². The van der Waals surface area contributed by atoms with Gasteiger partial charge in [0, 0.05) is 18.7 Å². The van der Waals surface area contributed by atoms with Crippen LogP contribution in [-0.2, 0) is 20.7 Å². The van der Waals surface area contributed by atoms with E-state index in [4.69, 9.17) is 9.84 Å². The van der Waals surface area contributed by atoms with E-state index in [1.165, 1.54) is 0 Å². The first-order valence-electron chi connectivity index (χ1n) is 7.61. The molecule has 0 heterocycles. The maximum atomic E-state index is 11.8. The summed E-state index contributed by atoms with van der Waals surface area (Å²) < 4.78 is 5.39. The zero-order valence-corrected chi connectivity index (χ0v) is 13.5. The van der Waals surface area contributed by atoms with E-state index in [1.807, 2.05) is 26.0 Å². The summed E-state index contributed by atoms with van der Waals surface area (Å²) >= 11 is 0. The van der Waals surface area contributed by atoms with Gasteiger partial charge in [0.15, 0.2) is 0 Å². The molecule has 1 atom stereocenters. The van der Waals surface area contributed by atoms with Gasteiger partial charge in [-0.3, -0.25) is 9.59 Å². The highest BCUT2D eigenvalue weighted by Crippen LogP contribution is 2.14. The Hall–Kier alpha value is -1.88. The molecule has 22 heavy (non-hydrogen) atoms. The summed E-state index contributed by atoms with van der Waals surface area (Å²) in [5.74, 6) is -1.26. The standard InChI is InChI=1S/C17H25NO4/c1-12(2)22-10-4-5-16(19)18-15-8-6-14(7-9-15)11-13(3)17(20)21/h6-9,12-13H,4-5,10-11H2,1-3H3,(H,18,19)(H,20,21). The highest BCUT2D eigenvalue weighted by molar-refractivity contribution is 5.90. The molecule has 0 aliphatic heterocycles. The molecule has 0 bridgehead atoms. The summed E-state index contributed by atoms with van der Waals surface area (Å²) in [4.78, 5) is 22.6. The van der Waals surface area contributed by atoms with E-state index in [0.29, 0.717) is 25.9 Å². The molecule has 1 rings (SSSR count). The summed E-state index contributed by atoms with van der Waals surface area (Å²) in [5, 5.41) is 11.7. The molecule has 1 aromatic carbocycles. The first kappa shape index (κ1) is 18.2. The fraction of sp³-hybridized carbons (Fsp3) is 0.529. The van der Waals surface area contributed by atoms with E-state index in [0.717, 1.165) is 11.3 Å². The molecule has 0 spiro atoms. The molecule has 122 valence electrons. The smallest absolute Gasteiger partial charge is 0.306 e. The van der Waals surface area contributed by atoms with Crippen molar-refractivity contribution in [2.45, 2.75) is 46.1 Å². The molecular weight excluding hydrogens is 282 g/mol. The van der Waals surface area contributed by atoms with E-state index in [-0.39, 0.29) is 12.0 Å². The van der Waals surface area contributed by atoms with Gasteiger partial charge in [0.25, 0.3) is 0 Å². The van der Waals surface area contributed by atoms with E-state index < -0.39 is 11.9 Å². The van der Waals surface area contributed by atoms with Crippen molar-refractivity contribution >= 4 is 17.6 Å². The summed E-state index contributed by atoms with van der Waals surface area (Å²) in [5.41, 5.74) is 1.67. The lowest BCUT2D eigenvalue weighted by Gasteiger charge is -2.09. The Labute approximate surface area is 131 Å². The maximum absolute atomic E-state index is 11.8. The van der Waals surface area contributed by atoms with Gasteiger partial charge < -0.3 is 15.2 Å². The average Bonchev–Trinajstić information content (AvgIpc) is 2.45. The van der Waals surface area contributed by atoms with Crippen molar-refractivity contribution in [1.29, 1.82) is 0 Å².